The number of aromatic nitrogens is 3. The number of nitrogens with zero attached hydrogens (tertiary/aromatic N) is 3. The Morgan fingerprint density at radius 3 is 2.24 bits per heavy atom. The predicted octanol–water partition coefficient (Wildman–Crippen LogP) is 9.87. The van der Waals surface area contributed by atoms with Crippen molar-refractivity contribution >= 4 is 35.3 Å². The number of benzene rings is 2. The zero-order chi connectivity index (χ0) is 31.6. The van der Waals surface area contributed by atoms with Crippen LogP contribution in [0, 0.1) is 31.9 Å². The van der Waals surface area contributed by atoms with Gasteiger partial charge in [0.25, 0.3) is 0 Å². The molecule has 0 amide bonds. The fourth-order valence-electron chi connectivity index (χ4n) is 5.54. The van der Waals surface area contributed by atoms with Crippen LogP contribution in [0.2, 0.25) is 19.6 Å². The van der Waals surface area contributed by atoms with Gasteiger partial charge in [-0.25, -0.2) is 4.98 Å². The third kappa shape index (κ3) is 7.86. The predicted molar refractivity (Wildman–Crippen MR) is 187 cm³/mol. The van der Waals surface area contributed by atoms with Crippen LogP contribution in [0.15, 0.2) is 77.5 Å². The smallest absolute Gasteiger partial charge is 0.216 e. The molecule has 6 heteroatoms. The first-order valence-corrected chi connectivity index (χ1v) is 19.1. The topological polar surface area (TPSA) is 51.8 Å². The summed E-state index contributed by atoms with van der Waals surface area (Å²) in [5.74, 6) is 1.14. The molecule has 45 heavy (non-hydrogen) atoms. The summed E-state index contributed by atoms with van der Waals surface area (Å²) >= 11 is 0. The minimum absolute atomic E-state index is 0. The first kappa shape index (κ1) is 34.4. The van der Waals surface area contributed by atoms with E-state index in [4.69, 9.17) is 4.42 Å². The molecule has 0 aliphatic heterocycles. The van der Waals surface area contributed by atoms with Crippen LogP contribution in [-0.2, 0) is 26.5 Å². The molecule has 4 nitrogen and oxygen atoms in total. The van der Waals surface area contributed by atoms with Gasteiger partial charge in [0, 0.05) is 43.6 Å². The summed E-state index contributed by atoms with van der Waals surface area (Å²) in [6, 6.07) is 27.1. The zero-order valence-electron chi connectivity index (χ0n) is 27.9. The number of hydrogen-bond acceptors (Lipinski definition) is 4. The van der Waals surface area contributed by atoms with Crippen molar-refractivity contribution in [3.05, 3.63) is 108 Å². The van der Waals surface area contributed by atoms with Gasteiger partial charge in [-0.2, -0.15) is 0 Å². The van der Waals surface area contributed by atoms with Crippen LogP contribution in [0.1, 0.15) is 56.0 Å². The van der Waals surface area contributed by atoms with Gasteiger partial charge in [0.15, 0.2) is 0 Å². The fourth-order valence-corrected chi connectivity index (χ4v) is 7.22. The van der Waals surface area contributed by atoms with E-state index in [1.165, 1.54) is 21.9 Å². The molecule has 0 N–H and O–H groups in total. The van der Waals surface area contributed by atoms with Gasteiger partial charge in [-0.05, 0) is 66.4 Å². The van der Waals surface area contributed by atoms with Gasteiger partial charge >= 0.3 is 0 Å². The van der Waals surface area contributed by atoms with Crippen molar-refractivity contribution in [1.29, 1.82) is 0 Å². The summed E-state index contributed by atoms with van der Waals surface area (Å²) < 4.78 is 6.09. The van der Waals surface area contributed by atoms with Crippen LogP contribution < -0.4 is 5.19 Å². The van der Waals surface area contributed by atoms with E-state index in [-0.39, 0.29) is 20.1 Å². The first-order chi connectivity index (χ1) is 20.9. The second kappa shape index (κ2) is 14.3. The van der Waals surface area contributed by atoms with E-state index in [0.717, 1.165) is 51.0 Å². The Balaban J connectivity index is 0.000000208. The minimum Gasteiger partial charge on any atom is -0.486 e. The molecule has 0 unspecified atom stereocenters. The van der Waals surface area contributed by atoms with E-state index >= 15 is 0 Å². The summed E-state index contributed by atoms with van der Waals surface area (Å²) in [4.78, 5) is 13.8. The molecule has 6 aromatic rings. The van der Waals surface area contributed by atoms with Crippen molar-refractivity contribution in [2.75, 3.05) is 0 Å². The van der Waals surface area contributed by atoms with Crippen molar-refractivity contribution in [2.45, 2.75) is 73.5 Å². The standard InChI is InChI=1S/C22H21N2O.C17H22NSi.Ir/c1-13(2)10-16-11-20(23-12-14(16)3)19-7-5-6-17-18-9-8-15(4)24-22(18)25-21(17)19;1-13(2)15-11-16(14-9-7-6-8-10-14)18-12-17(15)19(3,4)5;/h5-6,8-9,11-13H,10H2,1-4H3;6-9,11-13H,1-5H3;/q2*-1;. The molecule has 0 spiro atoms. The molecule has 0 saturated heterocycles. The normalized spacial score (nSPS) is 11.5. The molecule has 0 atom stereocenters. The van der Waals surface area contributed by atoms with Crippen LogP contribution in [0.3, 0.4) is 0 Å². The van der Waals surface area contributed by atoms with Crippen molar-refractivity contribution in [3.8, 4) is 22.5 Å². The van der Waals surface area contributed by atoms with E-state index in [2.05, 4.69) is 112 Å². The molecule has 6 rings (SSSR count). The van der Waals surface area contributed by atoms with Crippen LogP contribution in [0.25, 0.3) is 44.6 Å². The molecule has 0 bridgehead atoms. The maximum absolute atomic E-state index is 6.09. The maximum atomic E-state index is 6.09. The molecule has 0 aliphatic carbocycles. The SMILES string of the molecule is CC(C)c1cc(-c2[c-]cccc2)ncc1[Si](C)(C)C.Cc1ccc2c(n1)oc1c(-c3cc(CC(C)C)c(C)cn3)[c-]ccc12.[Ir]. The fraction of sp³-hybridized carbons (Fsp3) is 0.308. The Hall–Kier alpha value is -3.44. The molecule has 4 heterocycles. The average Bonchev–Trinajstić information content (AvgIpc) is 3.36. The largest absolute Gasteiger partial charge is 0.486 e. The summed E-state index contributed by atoms with van der Waals surface area (Å²) in [5, 5.41) is 3.57. The molecule has 0 saturated carbocycles. The summed E-state index contributed by atoms with van der Waals surface area (Å²) in [7, 11) is -1.34. The first-order valence-electron chi connectivity index (χ1n) is 15.6. The van der Waals surface area contributed by atoms with Crippen molar-refractivity contribution in [2.24, 2.45) is 5.92 Å². The van der Waals surface area contributed by atoms with E-state index in [1.807, 2.05) is 49.5 Å². The number of aryl methyl sites for hydroxylation is 2. The second-order valence-corrected chi connectivity index (χ2v) is 18.5. The van der Waals surface area contributed by atoms with Gasteiger partial charge in [-0.1, -0.05) is 81.5 Å². The van der Waals surface area contributed by atoms with Crippen LogP contribution in [-0.4, -0.2) is 23.0 Å². The molecular formula is C39H43IrN3OSi-2. The van der Waals surface area contributed by atoms with Gasteiger partial charge in [0.1, 0.15) is 0 Å². The third-order valence-electron chi connectivity index (χ3n) is 7.89. The van der Waals surface area contributed by atoms with Crippen molar-refractivity contribution < 1.29 is 24.5 Å². The quantitative estimate of drug-likeness (QED) is 0.125. The van der Waals surface area contributed by atoms with E-state index in [9.17, 15) is 0 Å². The Morgan fingerprint density at radius 2 is 1.58 bits per heavy atom. The number of furan rings is 1. The van der Waals surface area contributed by atoms with E-state index in [0.29, 0.717) is 17.5 Å². The Labute approximate surface area is 283 Å². The van der Waals surface area contributed by atoms with Crippen LogP contribution in [0.4, 0.5) is 0 Å². The van der Waals surface area contributed by atoms with Gasteiger partial charge in [0.05, 0.1) is 13.7 Å². The van der Waals surface area contributed by atoms with Crippen molar-refractivity contribution in [3.63, 3.8) is 0 Å². The van der Waals surface area contributed by atoms with Crippen molar-refractivity contribution in [1.82, 2.24) is 15.0 Å². The second-order valence-electron chi connectivity index (χ2n) is 13.4. The third-order valence-corrected chi connectivity index (χ3v) is 9.92. The van der Waals surface area contributed by atoms with Gasteiger partial charge in [-0.3, -0.25) is 0 Å². The van der Waals surface area contributed by atoms with E-state index in [1.54, 1.807) is 0 Å². The molecule has 1 radical (unpaired) electrons. The average molecular weight is 790 g/mol. The van der Waals surface area contributed by atoms with Gasteiger partial charge in [-0.15, -0.1) is 54.1 Å². The number of pyridine rings is 3. The molecule has 4 aromatic heterocycles. The Morgan fingerprint density at radius 1 is 0.822 bits per heavy atom. The molecule has 0 fully saturated rings. The summed E-state index contributed by atoms with van der Waals surface area (Å²) in [6.45, 7) is 20.2. The summed E-state index contributed by atoms with van der Waals surface area (Å²) in [5.41, 5.74) is 10.3. The van der Waals surface area contributed by atoms with E-state index < -0.39 is 8.07 Å². The number of fused-ring (bicyclic) bond motifs is 3. The number of rotatable bonds is 6. The molecule has 235 valence electrons. The molecule has 0 aliphatic rings. The van der Waals surface area contributed by atoms with Gasteiger partial charge in [0.2, 0.25) is 5.71 Å². The summed E-state index contributed by atoms with van der Waals surface area (Å²) in [6.07, 6.45) is 5.08. The monoisotopic (exact) mass is 790 g/mol. The Bertz CT molecular complexity index is 1910. The van der Waals surface area contributed by atoms with Crippen LogP contribution >= 0.6 is 0 Å². The Kier molecular flexibility index (Phi) is 11.0. The zero-order valence-corrected chi connectivity index (χ0v) is 31.3. The van der Waals surface area contributed by atoms with Crippen LogP contribution in [0.5, 0.6) is 0 Å². The van der Waals surface area contributed by atoms with Gasteiger partial charge < -0.3 is 14.4 Å². The minimum atomic E-state index is -1.34. The molecule has 2 aromatic carbocycles. The maximum Gasteiger partial charge on any atom is 0.216 e. The molecular weight excluding hydrogens is 747 g/mol. The number of hydrogen-bond donors (Lipinski definition) is 0.